The number of nitrogens with zero attached hydrogens (tertiary/aromatic N) is 5. The zero-order valence-electron chi connectivity index (χ0n) is 17.7. The van der Waals surface area contributed by atoms with Crippen molar-refractivity contribution in [2.75, 3.05) is 41.9 Å². The Hall–Kier alpha value is -3.98. The third kappa shape index (κ3) is 4.52. The monoisotopic (exact) mass is 428 g/mol. The lowest BCUT2D eigenvalue weighted by molar-refractivity contribution is 0.122. The highest BCUT2D eigenvalue weighted by atomic mass is 16.5. The van der Waals surface area contributed by atoms with Crippen LogP contribution in [0.15, 0.2) is 59.8 Å². The van der Waals surface area contributed by atoms with Crippen LogP contribution < -0.4 is 15.6 Å². The van der Waals surface area contributed by atoms with Gasteiger partial charge in [0, 0.05) is 41.4 Å². The van der Waals surface area contributed by atoms with Gasteiger partial charge in [-0.05, 0) is 30.7 Å². The van der Waals surface area contributed by atoms with Gasteiger partial charge in [0.2, 0.25) is 17.8 Å². The second-order valence-electron chi connectivity index (χ2n) is 7.54. The number of hydrazone groups is 1. The molecule has 3 heterocycles. The van der Waals surface area contributed by atoms with Crippen LogP contribution in [0.1, 0.15) is 11.1 Å². The van der Waals surface area contributed by atoms with E-state index in [4.69, 9.17) is 4.74 Å². The maximum absolute atomic E-state index is 5.46. The average molecular weight is 429 g/mol. The smallest absolute Gasteiger partial charge is 0.250 e. The minimum absolute atomic E-state index is 0.368. The number of fused-ring (bicyclic) bond motifs is 1. The van der Waals surface area contributed by atoms with Crippen molar-refractivity contribution in [2.24, 2.45) is 5.10 Å². The molecule has 0 atom stereocenters. The fourth-order valence-corrected chi connectivity index (χ4v) is 3.59. The van der Waals surface area contributed by atoms with E-state index in [0.717, 1.165) is 40.8 Å². The molecule has 3 N–H and O–H groups in total. The summed E-state index contributed by atoms with van der Waals surface area (Å²) in [4.78, 5) is 19.0. The molecule has 9 heteroatoms. The summed E-state index contributed by atoms with van der Waals surface area (Å²) in [5.41, 5.74) is 7.07. The Kier molecular flexibility index (Phi) is 5.63. The fraction of sp³-hybridized carbons (Fsp3) is 0.217. The van der Waals surface area contributed by atoms with Crippen molar-refractivity contribution in [3.8, 4) is 0 Å². The van der Waals surface area contributed by atoms with Gasteiger partial charge in [-0.25, -0.2) is 5.43 Å². The Morgan fingerprint density at radius 2 is 1.88 bits per heavy atom. The number of morpholine rings is 1. The lowest BCUT2D eigenvalue weighted by Crippen LogP contribution is -2.37. The van der Waals surface area contributed by atoms with E-state index in [-0.39, 0.29) is 0 Å². The van der Waals surface area contributed by atoms with Crippen molar-refractivity contribution in [2.45, 2.75) is 6.92 Å². The molecule has 1 saturated heterocycles. The van der Waals surface area contributed by atoms with E-state index in [9.17, 15) is 0 Å². The molecule has 0 aliphatic carbocycles. The van der Waals surface area contributed by atoms with Gasteiger partial charge >= 0.3 is 0 Å². The van der Waals surface area contributed by atoms with Crippen LogP contribution in [-0.4, -0.2) is 52.5 Å². The third-order valence-corrected chi connectivity index (χ3v) is 5.18. The van der Waals surface area contributed by atoms with Gasteiger partial charge in [-0.1, -0.05) is 30.3 Å². The normalized spacial score (nSPS) is 14.2. The van der Waals surface area contributed by atoms with Gasteiger partial charge in [0.15, 0.2) is 0 Å². The molecule has 2 aromatic carbocycles. The summed E-state index contributed by atoms with van der Waals surface area (Å²) in [7, 11) is 0. The number of aryl methyl sites for hydroxylation is 1. The maximum Gasteiger partial charge on any atom is 0.250 e. The number of aromatic amines is 1. The molecular formula is C23H24N8O. The third-order valence-electron chi connectivity index (χ3n) is 5.18. The molecule has 9 nitrogen and oxygen atoms in total. The summed E-state index contributed by atoms with van der Waals surface area (Å²) < 4.78 is 5.46. The molecule has 0 unspecified atom stereocenters. The second-order valence-corrected chi connectivity index (χ2v) is 7.54. The molecular weight excluding hydrogens is 404 g/mol. The predicted molar refractivity (Wildman–Crippen MR) is 127 cm³/mol. The standard InChI is InChI=1S/C23H24N8O/c1-16-5-4-6-18(13-16)26-21-27-22(29-23(28-21)31-9-11-32-12-10-31)30-25-15-17-14-24-20-8-3-2-7-19(17)20/h2-8,13-15,24H,9-12H2,1H3,(H2,26,27,28,29,30)/b25-15+. The molecule has 1 fully saturated rings. The summed E-state index contributed by atoms with van der Waals surface area (Å²) >= 11 is 0. The SMILES string of the molecule is Cc1cccc(Nc2nc(N/N=C/c3c[nH]c4ccccc34)nc(N3CCOCC3)n2)c1. The number of nitrogens with one attached hydrogen (secondary N) is 3. The Balaban J connectivity index is 1.40. The summed E-state index contributed by atoms with van der Waals surface area (Å²) in [6.45, 7) is 4.80. The van der Waals surface area contributed by atoms with Crippen molar-refractivity contribution in [1.82, 2.24) is 19.9 Å². The van der Waals surface area contributed by atoms with E-state index in [1.165, 1.54) is 0 Å². The molecule has 0 saturated carbocycles. The minimum atomic E-state index is 0.368. The van der Waals surface area contributed by atoms with Gasteiger partial charge in [-0.2, -0.15) is 20.1 Å². The first-order valence-corrected chi connectivity index (χ1v) is 10.5. The van der Waals surface area contributed by atoms with Crippen LogP contribution in [0.4, 0.5) is 23.5 Å². The Morgan fingerprint density at radius 1 is 1.03 bits per heavy atom. The van der Waals surface area contributed by atoms with Gasteiger partial charge in [0.05, 0.1) is 19.4 Å². The summed E-state index contributed by atoms with van der Waals surface area (Å²) in [5.74, 6) is 1.41. The molecule has 0 bridgehead atoms. The number of rotatable bonds is 6. The number of H-pyrrole nitrogens is 1. The fourth-order valence-electron chi connectivity index (χ4n) is 3.59. The van der Waals surface area contributed by atoms with E-state index < -0.39 is 0 Å². The van der Waals surface area contributed by atoms with Gasteiger partial charge in [-0.3, -0.25) is 0 Å². The maximum atomic E-state index is 5.46. The number of ether oxygens (including phenoxy) is 1. The highest BCUT2D eigenvalue weighted by Crippen LogP contribution is 2.20. The molecule has 2 aromatic heterocycles. The first kappa shape index (κ1) is 20.0. The predicted octanol–water partition coefficient (Wildman–Crippen LogP) is 3.69. The number of aromatic nitrogens is 4. The van der Waals surface area contributed by atoms with Crippen LogP contribution in [0.5, 0.6) is 0 Å². The molecule has 1 aliphatic heterocycles. The Morgan fingerprint density at radius 3 is 2.75 bits per heavy atom. The topological polar surface area (TPSA) is 103 Å². The lowest BCUT2D eigenvalue weighted by Gasteiger charge is -2.27. The molecule has 32 heavy (non-hydrogen) atoms. The molecule has 0 spiro atoms. The first-order valence-electron chi connectivity index (χ1n) is 10.5. The van der Waals surface area contributed by atoms with Gasteiger partial charge in [-0.15, -0.1) is 0 Å². The number of anilines is 4. The van der Waals surface area contributed by atoms with Crippen molar-refractivity contribution in [3.05, 3.63) is 65.9 Å². The van der Waals surface area contributed by atoms with Crippen molar-refractivity contribution >= 4 is 40.6 Å². The highest BCUT2D eigenvalue weighted by Gasteiger charge is 2.16. The van der Waals surface area contributed by atoms with E-state index in [0.29, 0.717) is 31.1 Å². The summed E-state index contributed by atoms with van der Waals surface area (Å²) in [6, 6.07) is 16.1. The number of hydrogen-bond acceptors (Lipinski definition) is 8. The van der Waals surface area contributed by atoms with E-state index >= 15 is 0 Å². The van der Waals surface area contributed by atoms with Crippen LogP contribution >= 0.6 is 0 Å². The average Bonchev–Trinajstić information content (AvgIpc) is 3.23. The number of para-hydroxylation sites is 1. The van der Waals surface area contributed by atoms with Crippen molar-refractivity contribution in [3.63, 3.8) is 0 Å². The van der Waals surface area contributed by atoms with Gasteiger partial charge < -0.3 is 19.9 Å². The summed E-state index contributed by atoms with van der Waals surface area (Å²) in [6.07, 6.45) is 3.68. The Labute approximate surface area is 185 Å². The van der Waals surface area contributed by atoms with Crippen LogP contribution in [0.25, 0.3) is 10.9 Å². The van der Waals surface area contributed by atoms with Crippen LogP contribution in [-0.2, 0) is 4.74 Å². The number of hydrogen-bond donors (Lipinski definition) is 3. The van der Waals surface area contributed by atoms with Crippen LogP contribution in [0, 0.1) is 6.92 Å². The molecule has 1 aliphatic rings. The molecule has 5 rings (SSSR count). The number of benzene rings is 2. The van der Waals surface area contributed by atoms with Gasteiger partial charge in [0.1, 0.15) is 0 Å². The van der Waals surface area contributed by atoms with Crippen LogP contribution in [0.3, 0.4) is 0 Å². The molecule has 0 radical (unpaired) electrons. The molecule has 0 amide bonds. The molecule has 162 valence electrons. The highest BCUT2D eigenvalue weighted by molar-refractivity contribution is 5.99. The van der Waals surface area contributed by atoms with E-state index in [1.807, 2.05) is 55.6 Å². The van der Waals surface area contributed by atoms with Crippen molar-refractivity contribution < 1.29 is 4.74 Å². The van der Waals surface area contributed by atoms with E-state index in [1.54, 1.807) is 6.21 Å². The Bertz CT molecular complexity index is 1250. The second kappa shape index (κ2) is 9.03. The van der Waals surface area contributed by atoms with E-state index in [2.05, 4.69) is 46.7 Å². The quantitative estimate of drug-likeness (QED) is 0.318. The lowest BCUT2D eigenvalue weighted by atomic mass is 10.2. The van der Waals surface area contributed by atoms with Gasteiger partial charge in [0.25, 0.3) is 0 Å². The zero-order chi connectivity index (χ0) is 21.8. The first-order chi connectivity index (χ1) is 15.7. The molecule has 4 aromatic rings. The largest absolute Gasteiger partial charge is 0.378 e. The van der Waals surface area contributed by atoms with Crippen LogP contribution in [0.2, 0.25) is 0 Å². The minimum Gasteiger partial charge on any atom is -0.378 e. The zero-order valence-corrected chi connectivity index (χ0v) is 17.7. The van der Waals surface area contributed by atoms with Crippen molar-refractivity contribution in [1.29, 1.82) is 0 Å². The summed E-state index contributed by atoms with van der Waals surface area (Å²) in [5, 5.41) is 8.74.